The fourth-order valence-electron chi connectivity index (χ4n) is 1.28. The molecular weight excluding hydrogens is 168 g/mol. The van der Waals surface area contributed by atoms with Crippen LogP contribution in [0.2, 0.25) is 0 Å². The van der Waals surface area contributed by atoms with Crippen LogP contribution in [-0.2, 0) is 0 Å². The molecule has 0 saturated carbocycles. The Bertz CT molecular complexity index is 448. The van der Waals surface area contributed by atoms with Crippen LogP contribution in [0.15, 0.2) is 16.7 Å². The highest BCUT2D eigenvalue weighted by molar-refractivity contribution is 5.85. The molecule has 1 aromatic heterocycles. The number of anilines is 1. The molecule has 0 atom stereocenters. The minimum Gasteiger partial charge on any atom is -0.495 e. The molecule has 0 radical (unpaired) electrons. The van der Waals surface area contributed by atoms with Crippen LogP contribution in [0.25, 0.3) is 11.0 Å². The fourth-order valence-corrected chi connectivity index (χ4v) is 1.28. The summed E-state index contributed by atoms with van der Waals surface area (Å²) in [5.74, 6) is 0.652. The van der Waals surface area contributed by atoms with Gasteiger partial charge in [0.2, 0.25) is 0 Å². The lowest BCUT2D eigenvalue weighted by molar-refractivity contribution is 0.417. The van der Waals surface area contributed by atoms with Gasteiger partial charge in [-0.15, -0.1) is 0 Å². The summed E-state index contributed by atoms with van der Waals surface area (Å²) in [5.41, 5.74) is 7.79. The summed E-state index contributed by atoms with van der Waals surface area (Å²) < 4.78 is 10.1. The van der Waals surface area contributed by atoms with Crippen LogP contribution in [-0.4, -0.2) is 12.3 Å². The number of fused-ring (bicyclic) bond motifs is 1. The Kier molecular flexibility index (Phi) is 1.62. The molecule has 0 fully saturated rings. The standard InChI is InChI=1S/C9H10N2O2/c1-5-6-3-9(12-2)7(10)4-8(6)13-11-5/h3-4H,10H2,1-2H3. The van der Waals surface area contributed by atoms with Gasteiger partial charge >= 0.3 is 0 Å². The summed E-state index contributed by atoms with van der Waals surface area (Å²) in [6.07, 6.45) is 0. The molecule has 13 heavy (non-hydrogen) atoms. The normalized spacial score (nSPS) is 10.6. The second-order valence-corrected chi connectivity index (χ2v) is 2.86. The van der Waals surface area contributed by atoms with Crippen LogP contribution < -0.4 is 10.5 Å². The van der Waals surface area contributed by atoms with Crippen LogP contribution in [0, 0.1) is 6.92 Å². The monoisotopic (exact) mass is 178 g/mol. The minimum absolute atomic E-state index is 0.561. The number of methoxy groups -OCH3 is 1. The zero-order valence-corrected chi connectivity index (χ0v) is 7.50. The Morgan fingerprint density at radius 2 is 2.23 bits per heavy atom. The van der Waals surface area contributed by atoms with Gasteiger partial charge in [0.05, 0.1) is 18.5 Å². The molecule has 2 aromatic rings. The summed E-state index contributed by atoms with van der Waals surface area (Å²) in [6.45, 7) is 1.88. The molecule has 0 aliphatic carbocycles. The van der Waals surface area contributed by atoms with Crippen molar-refractivity contribution in [3.05, 3.63) is 17.8 Å². The summed E-state index contributed by atoms with van der Waals surface area (Å²) in [6, 6.07) is 3.55. The largest absolute Gasteiger partial charge is 0.495 e. The Balaban J connectivity index is 2.77. The first-order chi connectivity index (χ1) is 6.22. The SMILES string of the molecule is COc1cc2c(C)noc2cc1N. The molecule has 4 heteroatoms. The molecule has 2 rings (SSSR count). The van der Waals surface area contributed by atoms with Gasteiger partial charge in [-0.2, -0.15) is 0 Å². The summed E-state index contributed by atoms with van der Waals surface area (Å²) in [7, 11) is 1.58. The molecule has 0 saturated heterocycles. The predicted octanol–water partition coefficient (Wildman–Crippen LogP) is 1.73. The lowest BCUT2D eigenvalue weighted by atomic mass is 10.2. The van der Waals surface area contributed by atoms with Crippen molar-refractivity contribution in [3.63, 3.8) is 0 Å². The van der Waals surface area contributed by atoms with E-state index in [-0.39, 0.29) is 0 Å². The fraction of sp³-hybridized carbons (Fsp3) is 0.222. The predicted molar refractivity (Wildman–Crippen MR) is 49.7 cm³/mol. The first-order valence-corrected chi connectivity index (χ1v) is 3.92. The highest BCUT2D eigenvalue weighted by atomic mass is 16.5. The maximum atomic E-state index is 5.69. The molecule has 1 heterocycles. The van der Waals surface area contributed by atoms with Gasteiger partial charge in [-0.1, -0.05) is 5.16 Å². The van der Waals surface area contributed by atoms with E-state index in [1.54, 1.807) is 13.2 Å². The number of aromatic nitrogens is 1. The van der Waals surface area contributed by atoms with Crippen molar-refractivity contribution in [1.29, 1.82) is 0 Å². The molecule has 0 amide bonds. The quantitative estimate of drug-likeness (QED) is 0.675. The van der Waals surface area contributed by atoms with Gasteiger partial charge in [-0.3, -0.25) is 0 Å². The van der Waals surface area contributed by atoms with Crippen molar-refractivity contribution in [2.75, 3.05) is 12.8 Å². The first-order valence-electron chi connectivity index (χ1n) is 3.92. The van der Waals surface area contributed by atoms with Crippen LogP contribution >= 0.6 is 0 Å². The molecule has 4 nitrogen and oxygen atoms in total. The number of hydrogen-bond donors (Lipinski definition) is 1. The van der Waals surface area contributed by atoms with Gasteiger partial charge in [0, 0.05) is 11.5 Å². The Labute approximate surface area is 75.3 Å². The second kappa shape index (κ2) is 2.65. The van der Waals surface area contributed by atoms with Crippen molar-refractivity contribution in [1.82, 2.24) is 5.16 Å². The molecule has 2 N–H and O–H groups in total. The van der Waals surface area contributed by atoms with Crippen molar-refractivity contribution in [3.8, 4) is 5.75 Å². The highest BCUT2D eigenvalue weighted by Crippen LogP contribution is 2.29. The first kappa shape index (κ1) is 7.91. The van der Waals surface area contributed by atoms with Crippen molar-refractivity contribution >= 4 is 16.7 Å². The van der Waals surface area contributed by atoms with E-state index >= 15 is 0 Å². The third-order valence-electron chi connectivity index (χ3n) is 2.00. The van der Waals surface area contributed by atoms with E-state index in [1.165, 1.54) is 0 Å². The van der Waals surface area contributed by atoms with Crippen LogP contribution in [0.1, 0.15) is 5.69 Å². The van der Waals surface area contributed by atoms with Gasteiger partial charge in [-0.05, 0) is 13.0 Å². The molecule has 0 aliphatic heterocycles. The van der Waals surface area contributed by atoms with Crippen molar-refractivity contribution < 1.29 is 9.26 Å². The lowest BCUT2D eigenvalue weighted by Gasteiger charge is -2.02. The number of benzene rings is 1. The number of nitrogens with zero attached hydrogens (tertiary/aromatic N) is 1. The van der Waals surface area contributed by atoms with Crippen LogP contribution in [0.5, 0.6) is 5.75 Å². The van der Waals surface area contributed by atoms with Crippen LogP contribution in [0.3, 0.4) is 0 Å². The Morgan fingerprint density at radius 1 is 1.46 bits per heavy atom. The molecular formula is C9H10N2O2. The van der Waals surface area contributed by atoms with Crippen LogP contribution in [0.4, 0.5) is 5.69 Å². The number of nitrogen functional groups attached to an aromatic ring is 1. The van der Waals surface area contributed by atoms with Gasteiger partial charge in [-0.25, -0.2) is 0 Å². The number of aryl methyl sites for hydroxylation is 1. The van der Waals surface area contributed by atoms with E-state index in [2.05, 4.69) is 5.16 Å². The number of rotatable bonds is 1. The summed E-state index contributed by atoms with van der Waals surface area (Å²) in [5, 5.41) is 4.76. The number of nitrogens with two attached hydrogens (primary N) is 1. The van der Waals surface area contributed by atoms with Gasteiger partial charge < -0.3 is 15.0 Å². The van der Waals surface area contributed by atoms with Crippen molar-refractivity contribution in [2.45, 2.75) is 6.92 Å². The minimum atomic E-state index is 0.561. The third kappa shape index (κ3) is 1.11. The molecule has 1 aromatic carbocycles. The van der Waals surface area contributed by atoms with E-state index in [4.69, 9.17) is 15.0 Å². The molecule has 0 unspecified atom stereocenters. The van der Waals surface area contributed by atoms with E-state index < -0.39 is 0 Å². The molecule has 68 valence electrons. The van der Waals surface area contributed by atoms with Gasteiger partial charge in [0.25, 0.3) is 0 Å². The van der Waals surface area contributed by atoms with Crippen molar-refractivity contribution in [2.24, 2.45) is 0 Å². The molecule has 0 bridgehead atoms. The highest BCUT2D eigenvalue weighted by Gasteiger charge is 2.08. The maximum absolute atomic E-state index is 5.69. The van der Waals surface area contributed by atoms with E-state index in [0.29, 0.717) is 17.0 Å². The topological polar surface area (TPSA) is 61.3 Å². The average Bonchev–Trinajstić information content (AvgIpc) is 2.46. The van der Waals surface area contributed by atoms with Gasteiger partial charge in [0.15, 0.2) is 5.58 Å². The zero-order valence-electron chi connectivity index (χ0n) is 7.50. The van der Waals surface area contributed by atoms with E-state index in [0.717, 1.165) is 11.1 Å². The molecule has 0 spiro atoms. The van der Waals surface area contributed by atoms with E-state index in [9.17, 15) is 0 Å². The maximum Gasteiger partial charge on any atom is 0.169 e. The molecule has 0 aliphatic rings. The van der Waals surface area contributed by atoms with E-state index in [1.807, 2.05) is 13.0 Å². The average molecular weight is 178 g/mol. The number of ether oxygens (including phenoxy) is 1. The Hall–Kier alpha value is -1.71. The Morgan fingerprint density at radius 3 is 2.92 bits per heavy atom. The summed E-state index contributed by atoms with van der Waals surface area (Å²) in [4.78, 5) is 0. The smallest absolute Gasteiger partial charge is 0.169 e. The summed E-state index contributed by atoms with van der Waals surface area (Å²) >= 11 is 0. The third-order valence-corrected chi connectivity index (χ3v) is 2.00. The second-order valence-electron chi connectivity index (χ2n) is 2.86. The van der Waals surface area contributed by atoms with Gasteiger partial charge in [0.1, 0.15) is 5.75 Å². The lowest BCUT2D eigenvalue weighted by Crippen LogP contribution is -1.91. The zero-order chi connectivity index (χ0) is 9.42. The number of hydrogen-bond acceptors (Lipinski definition) is 4.